The summed E-state index contributed by atoms with van der Waals surface area (Å²) >= 11 is 3.63. The first-order chi connectivity index (χ1) is 17.2. The van der Waals surface area contributed by atoms with Crippen molar-refractivity contribution >= 4 is 27.3 Å². The number of allylic oxidation sites excluding steroid dienone is 4. The Morgan fingerprint density at radius 3 is 2.42 bits per heavy atom. The van der Waals surface area contributed by atoms with E-state index in [2.05, 4.69) is 106 Å². The minimum Gasteiger partial charge on any atom is -0.494 e. The first kappa shape index (κ1) is 27.5. The molecular formula is C33H37BrO2. The number of ether oxygens (including phenoxy) is 2. The molecule has 0 saturated heterocycles. The van der Waals surface area contributed by atoms with Crippen LogP contribution in [0.4, 0.5) is 0 Å². The lowest BCUT2D eigenvalue weighted by Crippen LogP contribution is -2.01. The topological polar surface area (TPSA) is 18.5 Å². The second-order valence-electron chi connectivity index (χ2n) is 9.39. The van der Waals surface area contributed by atoms with E-state index in [4.69, 9.17) is 9.47 Å². The Morgan fingerprint density at radius 2 is 1.67 bits per heavy atom. The van der Waals surface area contributed by atoms with Crippen molar-refractivity contribution in [1.82, 2.24) is 0 Å². The molecule has 0 unspecified atom stereocenters. The van der Waals surface area contributed by atoms with Gasteiger partial charge in [-0.1, -0.05) is 70.6 Å². The lowest BCUT2D eigenvalue weighted by molar-refractivity contribution is 0.299. The van der Waals surface area contributed by atoms with Gasteiger partial charge in [0, 0.05) is 15.6 Å². The molecule has 0 N–H and O–H groups in total. The highest BCUT2D eigenvalue weighted by atomic mass is 79.9. The van der Waals surface area contributed by atoms with E-state index in [0.29, 0.717) is 13.2 Å². The normalized spacial score (nSPS) is 12.0. The van der Waals surface area contributed by atoms with E-state index in [-0.39, 0.29) is 0 Å². The van der Waals surface area contributed by atoms with Crippen molar-refractivity contribution in [3.63, 3.8) is 0 Å². The molecular weight excluding hydrogens is 508 g/mol. The fraction of sp³-hybridized carbons (Fsp3) is 0.273. The predicted octanol–water partition coefficient (Wildman–Crippen LogP) is 9.55. The predicted molar refractivity (Wildman–Crippen MR) is 157 cm³/mol. The molecule has 0 bridgehead atoms. The minimum absolute atomic E-state index is 0.549. The van der Waals surface area contributed by atoms with Crippen LogP contribution < -0.4 is 4.74 Å². The standard InChI is InChI=1S/C33H37BrO2/c1-8-35-27(7)29-11-9-10-28(19-29)16-22(2)12-13-23(3)32-20-31(34)14-15-33(32)36-21-30-18-25(5)24(4)17-26(30)6/h9-15,17-20H,7-8,16,21H2,1-6H3/b22-12-,23-13+. The van der Waals surface area contributed by atoms with Crippen LogP contribution in [0, 0.1) is 20.8 Å². The van der Waals surface area contributed by atoms with Crippen molar-refractivity contribution in [1.29, 1.82) is 0 Å². The number of benzene rings is 3. The molecule has 0 aromatic heterocycles. The summed E-state index contributed by atoms with van der Waals surface area (Å²) in [6, 6.07) is 19.1. The smallest absolute Gasteiger partial charge is 0.127 e. The second kappa shape index (κ2) is 12.8. The maximum Gasteiger partial charge on any atom is 0.127 e. The van der Waals surface area contributed by atoms with Gasteiger partial charge in [-0.05, 0) is 106 Å². The van der Waals surface area contributed by atoms with Gasteiger partial charge in [0.15, 0.2) is 0 Å². The molecule has 0 aliphatic rings. The fourth-order valence-corrected chi connectivity index (χ4v) is 4.48. The Hall–Kier alpha value is -3.04. The van der Waals surface area contributed by atoms with E-state index < -0.39 is 0 Å². The summed E-state index contributed by atoms with van der Waals surface area (Å²) in [5.41, 5.74) is 10.9. The van der Waals surface area contributed by atoms with Crippen LogP contribution >= 0.6 is 15.9 Å². The number of halogens is 1. The third-order valence-electron chi connectivity index (χ3n) is 6.37. The van der Waals surface area contributed by atoms with Crippen LogP contribution in [-0.2, 0) is 17.8 Å². The average Bonchev–Trinajstić information content (AvgIpc) is 2.85. The van der Waals surface area contributed by atoms with Gasteiger partial charge < -0.3 is 9.47 Å². The van der Waals surface area contributed by atoms with E-state index in [1.54, 1.807) is 0 Å². The van der Waals surface area contributed by atoms with Crippen molar-refractivity contribution in [3.05, 3.63) is 122 Å². The Kier molecular flexibility index (Phi) is 9.78. The summed E-state index contributed by atoms with van der Waals surface area (Å²) in [7, 11) is 0. The highest BCUT2D eigenvalue weighted by Gasteiger charge is 2.09. The molecule has 2 nitrogen and oxygen atoms in total. The first-order valence-corrected chi connectivity index (χ1v) is 13.2. The molecule has 0 heterocycles. The van der Waals surface area contributed by atoms with E-state index in [1.807, 2.05) is 25.1 Å². The van der Waals surface area contributed by atoms with E-state index in [1.165, 1.54) is 33.4 Å². The van der Waals surface area contributed by atoms with Gasteiger partial charge in [0.25, 0.3) is 0 Å². The Balaban J connectivity index is 1.77. The maximum atomic E-state index is 6.33. The molecule has 0 fully saturated rings. The highest BCUT2D eigenvalue weighted by molar-refractivity contribution is 9.10. The lowest BCUT2D eigenvalue weighted by Gasteiger charge is -2.15. The molecule has 188 valence electrons. The molecule has 3 rings (SSSR count). The summed E-state index contributed by atoms with van der Waals surface area (Å²) in [5.74, 6) is 1.60. The summed E-state index contributed by atoms with van der Waals surface area (Å²) in [5, 5.41) is 0. The molecule has 3 aromatic rings. The molecule has 3 aromatic carbocycles. The molecule has 36 heavy (non-hydrogen) atoms. The quantitative estimate of drug-likeness (QED) is 0.187. The van der Waals surface area contributed by atoms with Gasteiger partial charge in [-0.25, -0.2) is 0 Å². The van der Waals surface area contributed by atoms with Gasteiger partial charge in [0.2, 0.25) is 0 Å². The van der Waals surface area contributed by atoms with Gasteiger partial charge in [-0.15, -0.1) is 0 Å². The third kappa shape index (κ3) is 7.48. The minimum atomic E-state index is 0.549. The van der Waals surface area contributed by atoms with Crippen molar-refractivity contribution in [2.75, 3.05) is 6.61 Å². The average molecular weight is 546 g/mol. The van der Waals surface area contributed by atoms with Crippen LogP contribution in [0.3, 0.4) is 0 Å². The number of aryl methyl sites for hydroxylation is 3. The fourth-order valence-electron chi connectivity index (χ4n) is 4.12. The largest absolute Gasteiger partial charge is 0.494 e. The highest BCUT2D eigenvalue weighted by Crippen LogP contribution is 2.31. The molecule has 0 aliphatic carbocycles. The van der Waals surface area contributed by atoms with Crippen LogP contribution in [0.25, 0.3) is 11.3 Å². The lowest BCUT2D eigenvalue weighted by atomic mass is 10.0. The SMILES string of the molecule is C=C(OCC)c1cccc(C/C(C)=C\C=C(/C)c2cc(Br)ccc2OCc2cc(C)c(C)cc2C)c1. The summed E-state index contributed by atoms with van der Waals surface area (Å²) in [6.45, 7) is 17.9. The molecule has 0 radical (unpaired) electrons. The van der Waals surface area contributed by atoms with E-state index in [0.717, 1.165) is 39.1 Å². The van der Waals surface area contributed by atoms with E-state index in [9.17, 15) is 0 Å². The van der Waals surface area contributed by atoms with E-state index >= 15 is 0 Å². The van der Waals surface area contributed by atoms with Crippen LogP contribution in [0.5, 0.6) is 5.75 Å². The molecule has 0 aliphatic heterocycles. The summed E-state index contributed by atoms with van der Waals surface area (Å²) in [6.07, 6.45) is 5.23. The Morgan fingerprint density at radius 1 is 0.917 bits per heavy atom. The van der Waals surface area contributed by atoms with Crippen molar-refractivity contribution < 1.29 is 9.47 Å². The van der Waals surface area contributed by atoms with Crippen LogP contribution in [0.2, 0.25) is 0 Å². The third-order valence-corrected chi connectivity index (χ3v) is 6.86. The monoisotopic (exact) mass is 544 g/mol. The first-order valence-electron chi connectivity index (χ1n) is 12.4. The van der Waals surface area contributed by atoms with Crippen molar-refractivity contribution in [2.24, 2.45) is 0 Å². The zero-order valence-electron chi connectivity index (χ0n) is 22.4. The van der Waals surface area contributed by atoms with Crippen molar-refractivity contribution in [2.45, 2.75) is 54.6 Å². The molecule has 0 saturated carbocycles. The molecule has 0 spiro atoms. The zero-order chi connectivity index (χ0) is 26.2. The molecule has 0 amide bonds. The number of hydrogen-bond acceptors (Lipinski definition) is 2. The van der Waals surface area contributed by atoms with Crippen LogP contribution in [0.15, 0.2) is 83.4 Å². The maximum absolute atomic E-state index is 6.33. The summed E-state index contributed by atoms with van der Waals surface area (Å²) < 4.78 is 12.9. The Bertz CT molecular complexity index is 1300. The van der Waals surface area contributed by atoms with Gasteiger partial charge in [0.1, 0.15) is 18.1 Å². The van der Waals surface area contributed by atoms with Crippen LogP contribution in [0.1, 0.15) is 59.7 Å². The second-order valence-corrected chi connectivity index (χ2v) is 10.3. The van der Waals surface area contributed by atoms with Gasteiger partial charge >= 0.3 is 0 Å². The van der Waals surface area contributed by atoms with Gasteiger partial charge in [-0.3, -0.25) is 0 Å². The Labute approximate surface area is 225 Å². The number of rotatable bonds is 10. The van der Waals surface area contributed by atoms with Gasteiger partial charge in [-0.2, -0.15) is 0 Å². The van der Waals surface area contributed by atoms with Crippen molar-refractivity contribution in [3.8, 4) is 5.75 Å². The summed E-state index contributed by atoms with van der Waals surface area (Å²) in [4.78, 5) is 0. The zero-order valence-corrected chi connectivity index (χ0v) is 24.0. The van der Waals surface area contributed by atoms with Crippen LogP contribution in [-0.4, -0.2) is 6.61 Å². The molecule has 3 heteroatoms. The van der Waals surface area contributed by atoms with Gasteiger partial charge in [0.05, 0.1) is 6.61 Å². The molecule has 0 atom stereocenters. The number of hydrogen-bond donors (Lipinski definition) is 0.